The summed E-state index contributed by atoms with van der Waals surface area (Å²) in [5, 5.41) is 5.35. The highest BCUT2D eigenvalue weighted by Crippen LogP contribution is 2.22. The Morgan fingerprint density at radius 2 is 1.79 bits per heavy atom. The average Bonchev–Trinajstić information content (AvgIpc) is 2.73. The van der Waals surface area contributed by atoms with Gasteiger partial charge in [0.15, 0.2) is 0 Å². The molecule has 0 unspecified atom stereocenters. The van der Waals surface area contributed by atoms with Crippen LogP contribution in [0, 0.1) is 6.92 Å². The van der Waals surface area contributed by atoms with Gasteiger partial charge in [-0.25, -0.2) is 4.98 Å². The van der Waals surface area contributed by atoms with Gasteiger partial charge in [-0.1, -0.05) is 36.4 Å². The van der Waals surface area contributed by atoms with Crippen molar-refractivity contribution in [3.8, 4) is 0 Å². The Labute approximate surface area is 165 Å². The standard InChI is InChI=1S/C22H25N5O/c1-3-23-20-15-16(2)24-22(25-20)27-13-11-26(12-14-27)21(28)19-10-6-8-17-7-4-5-9-18(17)19/h4-10,15H,3,11-14H2,1-2H3,(H,23,24,25). The van der Waals surface area contributed by atoms with Crippen molar-refractivity contribution in [2.45, 2.75) is 13.8 Å². The number of benzene rings is 2. The molecule has 144 valence electrons. The summed E-state index contributed by atoms with van der Waals surface area (Å²) < 4.78 is 0. The summed E-state index contributed by atoms with van der Waals surface area (Å²) in [5.74, 6) is 1.67. The smallest absolute Gasteiger partial charge is 0.254 e. The molecule has 1 aliphatic heterocycles. The highest BCUT2D eigenvalue weighted by molar-refractivity contribution is 6.07. The maximum Gasteiger partial charge on any atom is 0.254 e. The number of aryl methyl sites for hydroxylation is 1. The first-order valence-corrected chi connectivity index (χ1v) is 9.77. The van der Waals surface area contributed by atoms with Crippen LogP contribution >= 0.6 is 0 Å². The number of amides is 1. The second kappa shape index (κ2) is 7.84. The van der Waals surface area contributed by atoms with Gasteiger partial charge in [0.1, 0.15) is 5.82 Å². The van der Waals surface area contributed by atoms with Crippen molar-refractivity contribution in [2.24, 2.45) is 0 Å². The lowest BCUT2D eigenvalue weighted by Gasteiger charge is -2.35. The minimum Gasteiger partial charge on any atom is -0.370 e. The Bertz CT molecular complexity index is 990. The third-order valence-corrected chi connectivity index (χ3v) is 5.07. The van der Waals surface area contributed by atoms with Crippen LogP contribution in [0.25, 0.3) is 10.8 Å². The molecule has 0 saturated carbocycles. The first kappa shape index (κ1) is 18.2. The van der Waals surface area contributed by atoms with E-state index in [0.717, 1.165) is 53.4 Å². The summed E-state index contributed by atoms with van der Waals surface area (Å²) in [6.45, 7) is 7.63. The van der Waals surface area contributed by atoms with Crippen LogP contribution in [0.15, 0.2) is 48.5 Å². The van der Waals surface area contributed by atoms with Crippen molar-refractivity contribution >= 4 is 28.4 Å². The molecule has 1 amide bonds. The number of aromatic nitrogens is 2. The number of anilines is 2. The molecule has 0 spiro atoms. The summed E-state index contributed by atoms with van der Waals surface area (Å²) in [7, 11) is 0. The number of hydrogen-bond donors (Lipinski definition) is 1. The van der Waals surface area contributed by atoms with Gasteiger partial charge in [0.05, 0.1) is 0 Å². The maximum absolute atomic E-state index is 13.1. The zero-order valence-electron chi connectivity index (χ0n) is 16.4. The Morgan fingerprint density at radius 3 is 2.57 bits per heavy atom. The average molecular weight is 375 g/mol. The molecular weight excluding hydrogens is 350 g/mol. The van der Waals surface area contributed by atoms with Gasteiger partial charge in [0.25, 0.3) is 5.91 Å². The van der Waals surface area contributed by atoms with Crippen LogP contribution in [-0.4, -0.2) is 53.5 Å². The van der Waals surface area contributed by atoms with E-state index < -0.39 is 0 Å². The second-order valence-corrected chi connectivity index (χ2v) is 7.03. The van der Waals surface area contributed by atoms with Crippen molar-refractivity contribution in [1.82, 2.24) is 14.9 Å². The molecule has 28 heavy (non-hydrogen) atoms. The van der Waals surface area contributed by atoms with Crippen LogP contribution in [0.5, 0.6) is 0 Å². The number of carbonyl (C=O) groups is 1. The van der Waals surface area contributed by atoms with E-state index in [1.165, 1.54) is 0 Å². The highest BCUT2D eigenvalue weighted by Gasteiger charge is 2.24. The first-order chi connectivity index (χ1) is 13.7. The van der Waals surface area contributed by atoms with Gasteiger partial charge in [-0.05, 0) is 30.7 Å². The van der Waals surface area contributed by atoms with Crippen LogP contribution in [0.2, 0.25) is 0 Å². The van der Waals surface area contributed by atoms with Crippen molar-refractivity contribution in [1.29, 1.82) is 0 Å². The number of fused-ring (bicyclic) bond motifs is 1. The third kappa shape index (κ3) is 3.63. The van der Waals surface area contributed by atoms with Gasteiger partial charge in [0, 0.05) is 50.0 Å². The molecule has 0 aliphatic carbocycles. The van der Waals surface area contributed by atoms with Crippen LogP contribution in [0.3, 0.4) is 0 Å². The zero-order valence-corrected chi connectivity index (χ0v) is 16.4. The van der Waals surface area contributed by atoms with E-state index in [0.29, 0.717) is 13.1 Å². The van der Waals surface area contributed by atoms with Gasteiger partial charge in [-0.3, -0.25) is 4.79 Å². The number of nitrogens with zero attached hydrogens (tertiary/aromatic N) is 4. The summed E-state index contributed by atoms with van der Waals surface area (Å²) in [6, 6.07) is 15.9. The quantitative estimate of drug-likeness (QED) is 0.758. The largest absolute Gasteiger partial charge is 0.370 e. The van der Waals surface area contributed by atoms with Crippen LogP contribution < -0.4 is 10.2 Å². The molecule has 0 radical (unpaired) electrons. The van der Waals surface area contributed by atoms with Gasteiger partial charge in [-0.2, -0.15) is 4.98 Å². The lowest BCUT2D eigenvalue weighted by Crippen LogP contribution is -2.49. The lowest BCUT2D eigenvalue weighted by molar-refractivity contribution is 0.0748. The number of piperazine rings is 1. The van der Waals surface area contributed by atoms with Crippen LogP contribution in [0.4, 0.5) is 11.8 Å². The Kier molecular flexibility index (Phi) is 5.10. The van der Waals surface area contributed by atoms with E-state index in [4.69, 9.17) is 0 Å². The molecular formula is C22H25N5O. The van der Waals surface area contributed by atoms with Crippen molar-refractivity contribution < 1.29 is 4.79 Å². The molecule has 6 nitrogen and oxygen atoms in total. The Morgan fingerprint density at radius 1 is 1.04 bits per heavy atom. The van der Waals surface area contributed by atoms with E-state index in [1.54, 1.807) is 0 Å². The van der Waals surface area contributed by atoms with Gasteiger partial charge >= 0.3 is 0 Å². The molecule has 1 N–H and O–H groups in total. The number of rotatable bonds is 4. The second-order valence-electron chi connectivity index (χ2n) is 7.03. The fourth-order valence-electron chi connectivity index (χ4n) is 3.66. The molecule has 2 heterocycles. The molecule has 1 saturated heterocycles. The summed E-state index contributed by atoms with van der Waals surface area (Å²) >= 11 is 0. The predicted octanol–water partition coefficient (Wildman–Crippen LogP) is 3.33. The highest BCUT2D eigenvalue weighted by atomic mass is 16.2. The summed E-state index contributed by atoms with van der Waals surface area (Å²) in [5.41, 5.74) is 1.71. The SMILES string of the molecule is CCNc1cc(C)nc(N2CCN(C(=O)c3cccc4ccccc34)CC2)n1. The van der Waals surface area contributed by atoms with E-state index >= 15 is 0 Å². The predicted molar refractivity (Wildman–Crippen MR) is 113 cm³/mol. The van der Waals surface area contributed by atoms with E-state index in [2.05, 4.69) is 27.1 Å². The van der Waals surface area contributed by atoms with Crippen molar-refractivity contribution in [3.63, 3.8) is 0 Å². The number of nitrogens with one attached hydrogen (secondary N) is 1. The fraction of sp³-hybridized carbons (Fsp3) is 0.318. The summed E-state index contributed by atoms with van der Waals surface area (Å²) in [6.07, 6.45) is 0. The molecule has 3 aromatic rings. The summed E-state index contributed by atoms with van der Waals surface area (Å²) in [4.78, 5) is 26.4. The van der Waals surface area contributed by atoms with Gasteiger partial charge in [-0.15, -0.1) is 0 Å². The van der Waals surface area contributed by atoms with E-state index in [-0.39, 0.29) is 5.91 Å². The Hall–Kier alpha value is -3.15. The molecule has 0 atom stereocenters. The lowest BCUT2D eigenvalue weighted by atomic mass is 10.0. The molecule has 1 aliphatic rings. The maximum atomic E-state index is 13.1. The molecule has 4 rings (SSSR count). The third-order valence-electron chi connectivity index (χ3n) is 5.07. The molecule has 1 aromatic heterocycles. The van der Waals surface area contributed by atoms with Crippen LogP contribution in [-0.2, 0) is 0 Å². The van der Waals surface area contributed by atoms with Gasteiger partial charge < -0.3 is 15.1 Å². The van der Waals surface area contributed by atoms with E-state index in [1.807, 2.05) is 60.4 Å². The minimum atomic E-state index is 0.0925. The number of hydrogen-bond acceptors (Lipinski definition) is 5. The van der Waals surface area contributed by atoms with Crippen molar-refractivity contribution in [3.05, 3.63) is 59.8 Å². The zero-order chi connectivity index (χ0) is 19.5. The van der Waals surface area contributed by atoms with Crippen molar-refractivity contribution in [2.75, 3.05) is 42.9 Å². The van der Waals surface area contributed by atoms with E-state index in [9.17, 15) is 4.79 Å². The van der Waals surface area contributed by atoms with Gasteiger partial charge in [0.2, 0.25) is 5.95 Å². The normalized spacial score (nSPS) is 14.4. The molecule has 2 aromatic carbocycles. The number of carbonyl (C=O) groups excluding carboxylic acids is 1. The molecule has 0 bridgehead atoms. The fourth-order valence-corrected chi connectivity index (χ4v) is 3.66. The first-order valence-electron chi connectivity index (χ1n) is 9.77. The van der Waals surface area contributed by atoms with Crippen LogP contribution in [0.1, 0.15) is 23.0 Å². The topological polar surface area (TPSA) is 61.4 Å². The Balaban J connectivity index is 1.49. The molecule has 6 heteroatoms. The molecule has 1 fully saturated rings. The minimum absolute atomic E-state index is 0.0925. The monoisotopic (exact) mass is 375 g/mol.